The summed E-state index contributed by atoms with van der Waals surface area (Å²) in [6.45, 7) is 9.21. The number of hydrogen-bond acceptors (Lipinski definition) is 3. The van der Waals surface area contributed by atoms with Gasteiger partial charge in [0.2, 0.25) is 5.69 Å². The standard InChI is InChI=1S/C68H37N5O2/c1-70-51-38-44(39-69)66(72-54-30-28-42(40-16-4-2-5-17-40)36-49(54)62-56(72)32-34-60-64(62)47-22-10-14-26-58(47)74-60)68(71-52-24-12-8-20-45(52)46-21-9-13-25-53(46)71)67(51)73-55-31-29-43(41-18-6-3-7-19-41)37-50(55)63-57(73)33-35-61-65(63)48-23-11-15-27-59(48)75-61/h2-38H. The Balaban J connectivity index is 1.15. The second kappa shape index (κ2) is 15.5. The van der Waals surface area contributed by atoms with E-state index in [9.17, 15) is 11.8 Å². The van der Waals surface area contributed by atoms with Gasteiger partial charge >= 0.3 is 0 Å². The highest BCUT2D eigenvalue weighted by atomic mass is 16.3. The van der Waals surface area contributed by atoms with Crippen LogP contribution in [-0.4, -0.2) is 13.7 Å². The Morgan fingerprint density at radius 3 is 1.24 bits per heavy atom. The van der Waals surface area contributed by atoms with Crippen LogP contribution in [0.15, 0.2) is 233 Å². The van der Waals surface area contributed by atoms with Gasteiger partial charge < -0.3 is 22.5 Å². The first kappa shape index (κ1) is 41.1. The smallest absolute Gasteiger partial charge is 0.214 e. The van der Waals surface area contributed by atoms with Gasteiger partial charge in [0.1, 0.15) is 28.4 Å². The fraction of sp³-hybridized carbons (Fsp3) is 0. The molecule has 5 aromatic heterocycles. The molecule has 0 amide bonds. The molecule has 5 heterocycles. The van der Waals surface area contributed by atoms with Crippen LogP contribution in [0.3, 0.4) is 0 Å². The van der Waals surface area contributed by atoms with Crippen molar-refractivity contribution < 1.29 is 8.83 Å². The SMILES string of the molecule is [C-]#[N+]c1cc(C#N)c(-n2c3ccc(-c4ccccc4)cc3c3c4c(ccc32)oc2ccccc24)c(-n2c3ccccc3c3ccccc32)c1-n1c2ccc(-c3ccccc3)cc2c2c3c(ccc21)oc1ccccc13. The monoisotopic (exact) mass is 955 g/mol. The molecule has 0 aliphatic carbocycles. The molecule has 0 radical (unpaired) electrons. The van der Waals surface area contributed by atoms with E-state index < -0.39 is 0 Å². The Morgan fingerprint density at radius 2 is 0.747 bits per heavy atom. The van der Waals surface area contributed by atoms with Gasteiger partial charge in [-0.15, -0.1) is 0 Å². The number of furan rings is 2. The van der Waals surface area contributed by atoms with E-state index in [-0.39, 0.29) is 0 Å². The molecule has 7 nitrogen and oxygen atoms in total. The van der Waals surface area contributed by atoms with Crippen molar-refractivity contribution in [3.63, 3.8) is 0 Å². The lowest BCUT2D eigenvalue weighted by atomic mass is 10.0. The average Bonchev–Trinajstić information content (AvgIpc) is 4.34. The van der Waals surface area contributed by atoms with E-state index >= 15 is 0 Å². The van der Waals surface area contributed by atoms with Crippen molar-refractivity contribution in [1.29, 1.82) is 5.26 Å². The van der Waals surface area contributed by atoms with Gasteiger partial charge in [0.05, 0.1) is 62.3 Å². The number of aromatic nitrogens is 3. The lowest BCUT2D eigenvalue weighted by Gasteiger charge is -2.24. The quantitative estimate of drug-likeness (QED) is 0.161. The second-order valence-corrected chi connectivity index (χ2v) is 19.3. The number of benzene rings is 11. The highest BCUT2D eigenvalue weighted by molar-refractivity contribution is 6.30. The summed E-state index contributed by atoms with van der Waals surface area (Å²) < 4.78 is 20.1. The molecule has 11 aromatic carbocycles. The van der Waals surface area contributed by atoms with Gasteiger partial charge in [-0.1, -0.05) is 146 Å². The maximum Gasteiger partial charge on any atom is 0.214 e. The number of fused-ring (bicyclic) bond motifs is 17. The first-order valence-corrected chi connectivity index (χ1v) is 25.0. The zero-order valence-corrected chi connectivity index (χ0v) is 39.9. The molecule has 0 fully saturated rings. The molecule has 75 heavy (non-hydrogen) atoms. The summed E-state index contributed by atoms with van der Waals surface area (Å²) in [6, 6.07) is 80.4. The highest BCUT2D eigenvalue weighted by Gasteiger charge is 2.31. The predicted molar refractivity (Wildman–Crippen MR) is 306 cm³/mol. The van der Waals surface area contributed by atoms with Crippen molar-refractivity contribution in [3.8, 4) is 45.4 Å². The van der Waals surface area contributed by atoms with Crippen molar-refractivity contribution in [2.75, 3.05) is 0 Å². The summed E-state index contributed by atoms with van der Waals surface area (Å²) >= 11 is 0. The Morgan fingerprint density at radius 1 is 0.333 bits per heavy atom. The molecule has 0 spiro atoms. The van der Waals surface area contributed by atoms with E-state index in [1.165, 1.54) is 0 Å². The number of nitrogens with zero attached hydrogens (tertiary/aromatic N) is 5. The minimum atomic E-state index is 0.339. The molecule has 0 unspecified atom stereocenters. The third-order valence-electron chi connectivity index (χ3n) is 15.5. The van der Waals surface area contributed by atoms with E-state index in [2.05, 4.69) is 207 Å². The van der Waals surface area contributed by atoms with Gasteiger partial charge in [0, 0.05) is 53.9 Å². The third kappa shape index (κ3) is 5.67. The van der Waals surface area contributed by atoms with Crippen LogP contribution in [-0.2, 0) is 0 Å². The van der Waals surface area contributed by atoms with Crippen LogP contribution in [0.5, 0.6) is 0 Å². The zero-order chi connectivity index (χ0) is 49.5. The number of hydrogen-bond donors (Lipinski definition) is 0. The van der Waals surface area contributed by atoms with Crippen molar-refractivity contribution in [3.05, 3.63) is 241 Å². The fourth-order valence-electron chi connectivity index (χ4n) is 12.4. The molecular weight excluding hydrogens is 919 g/mol. The van der Waals surface area contributed by atoms with Crippen molar-refractivity contribution in [2.24, 2.45) is 0 Å². The van der Waals surface area contributed by atoms with Crippen LogP contribution >= 0.6 is 0 Å². The summed E-state index contributed by atoms with van der Waals surface area (Å²) in [5, 5.41) is 22.0. The highest BCUT2D eigenvalue weighted by Crippen LogP contribution is 2.51. The third-order valence-corrected chi connectivity index (χ3v) is 15.5. The van der Waals surface area contributed by atoms with Crippen LogP contribution in [0.4, 0.5) is 5.69 Å². The Hall–Kier alpha value is -10.6. The number of nitriles is 1. The Bertz CT molecular complexity index is 4890. The molecule has 0 atom stereocenters. The molecule has 0 aliphatic rings. The first-order chi connectivity index (χ1) is 37.1. The molecule has 0 saturated carbocycles. The van der Waals surface area contributed by atoms with Gasteiger partial charge in [-0.25, -0.2) is 4.85 Å². The van der Waals surface area contributed by atoms with E-state index in [0.717, 1.165) is 132 Å². The molecule has 0 aliphatic heterocycles. The van der Waals surface area contributed by atoms with Crippen LogP contribution < -0.4 is 0 Å². The maximum atomic E-state index is 11.8. The van der Waals surface area contributed by atoms with Crippen molar-refractivity contribution in [2.45, 2.75) is 0 Å². The average molecular weight is 956 g/mol. The maximum absolute atomic E-state index is 11.8. The van der Waals surface area contributed by atoms with Crippen LogP contribution in [0.1, 0.15) is 5.56 Å². The van der Waals surface area contributed by atoms with Crippen LogP contribution in [0, 0.1) is 17.9 Å². The minimum Gasteiger partial charge on any atom is -0.456 e. The Labute approximate surface area is 427 Å². The zero-order valence-electron chi connectivity index (χ0n) is 39.9. The van der Waals surface area contributed by atoms with Gasteiger partial charge in [-0.05, 0) is 101 Å². The number of rotatable bonds is 5. The molecular formula is C68H37N5O2. The molecule has 346 valence electrons. The van der Waals surface area contributed by atoms with Crippen molar-refractivity contribution >= 4 is 115 Å². The van der Waals surface area contributed by atoms with Gasteiger partial charge in [-0.3, -0.25) is 0 Å². The summed E-state index contributed by atoms with van der Waals surface area (Å²) in [5.74, 6) is 0. The second-order valence-electron chi connectivity index (χ2n) is 19.3. The topological polar surface area (TPSA) is 69.2 Å². The van der Waals surface area contributed by atoms with E-state index in [1.54, 1.807) is 6.07 Å². The van der Waals surface area contributed by atoms with Gasteiger partial charge in [0.15, 0.2) is 0 Å². The van der Waals surface area contributed by atoms with E-state index in [0.29, 0.717) is 28.3 Å². The Kier molecular flexibility index (Phi) is 8.46. The summed E-state index contributed by atoms with van der Waals surface area (Å²) in [7, 11) is 0. The summed E-state index contributed by atoms with van der Waals surface area (Å²) in [6.07, 6.45) is 0. The summed E-state index contributed by atoms with van der Waals surface area (Å²) in [4.78, 5) is 4.43. The van der Waals surface area contributed by atoms with Crippen molar-refractivity contribution in [1.82, 2.24) is 13.7 Å². The predicted octanol–water partition coefficient (Wildman–Crippen LogP) is 18.5. The molecule has 7 heteroatoms. The molecule has 0 bridgehead atoms. The normalized spacial score (nSPS) is 12.0. The molecule has 16 aromatic rings. The molecule has 0 N–H and O–H groups in total. The summed E-state index contributed by atoms with van der Waals surface area (Å²) in [5.41, 5.74) is 15.7. The fourth-order valence-corrected chi connectivity index (χ4v) is 12.4. The lowest BCUT2D eigenvalue weighted by Crippen LogP contribution is -2.11. The molecule has 0 saturated heterocycles. The van der Waals surface area contributed by atoms with Gasteiger partial charge in [0.25, 0.3) is 0 Å². The minimum absolute atomic E-state index is 0.339. The largest absolute Gasteiger partial charge is 0.456 e. The van der Waals surface area contributed by atoms with E-state index in [1.807, 2.05) is 36.4 Å². The lowest BCUT2D eigenvalue weighted by molar-refractivity contribution is 0.669. The number of para-hydroxylation sites is 4. The van der Waals surface area contributed by atoms with Gasteiger partial charge in [-0.2, -0.15) is 5.26 Å². The van der Waals surface area contributed by atoms with E-state index in [4.69, 9.17) is 8.83 Å². The molecule has 16 rings (SSSR count). The van der Waals surface area contributed by atoms with Crippen LogP contribution in [0.25, 0.3) is 153 Å². The van der Waals surface area contributed by atoms with Crippen LogP contribution in [0.2, 0.25) is 0 Å². The first-order valence-electron chi connectivity index (χ1n) is 25.0.